The van der Waals surface area contributed by atoms with Crippen molar-refractivity contribution in [2.45, 2.75) is 11.8 Å². The molecule has 3 aromatic rings. The van der Waals surface area contributed by atoms with Gasteiger partial charge in [-0.15, -0.1) is 0 Å². The van der Waals surface area contributed by atoms with E-state index in [-0.39, 0.29) is 27.8 Å². The Morgan fingerprint density at radius 1 is 0.966 bits per heavy atom. The minimum Gasteiger partial charge on any atom is -0.421 e. The molecule has 3 rings (SSSR count). The standard InChI is InChI=1S/C21H17Cl2NO4S/c1-2-24(17-6-4-3-5-7-17)29(26,27)18-11-8-15(9-12-18)21(25)28-20-14-16(22)10-13-19(20)23/h3-14H,2H2,1H3. The molecule has 0 heterocycles. The molecule has 0 saturated heterocycles. The van der Waals surface area contributed by atoms with Crippen LogP contribution in [0.4, 0.5) is 5.69 Å². The van der Waals surface area contributed by atoms with Gasteiger partial charge in [0.15, 0.2) is 5.75 Å². The largest absolute Gasteiger partial charge is 0.421 e. The van der Waals surface area contributed by atoms with Crippen molar-refractivity contribution in [3.8, 4) is 5.75 Å². The minimum absolute atomic E-state index is 0.0699. The first-order chi connectivity index (χ1) is 13.8. The molecule has 0 radical (unpaired) electrons. The zero-order valence-corrected chi connectivity index (χ0v) is 17.7. The van der Waals surface area contributed by atoms with E-state index < -0.39 is 16.0 Å². The van der Waals surface area contributed by atoms with E-state index in [1.165, 1.54) is 40.7 Å². The van der Waals surface area contributed by atoms with E-state index in [0.29, 0.717) is 10.7 Å². The second kappa shape index (κ2) is 8.86. The Morgan fingerprint density at radius 2 is 1.62 bits per heavy atom. The van der Waals surface area contributed by atoms with E-state index in [1.807, 2.05) is 6.07 Å². The highest BCUT2D eigenvalue weighted by Gasteiger charge is 2.24. The van der Waals surface area contributed by atoms with Gasteiger partial charge < -0.3 is 4.74 Å². The van der Waals surface area contributed by atoms with Crippen molar-refractivity contribution in [1.82, 2.24) is 0 Å². The molecule has 0 spiro atoms. The molecular formula is C21H17Cl2NO4S. The zero-order chi connectivity index (χ0) is 21.0. The van der Waals surface area contributed by atoms with Gasteiger partial charge in [-0.3, -0.25) is 4.31 Å². The fourth-order valence-corrected chi connectivity index (χ4v) is 4.48. The second-order valence-corrected chi connectivity index (χ2v) is 8.70. The van der Waals surface area contributed by atoms with E-state index in [1.54, 1.807) is 37.3 Å². The molecule has 3 aromatic carbocycles. The zero-order valence-electron chi connectivity index (χ0n) is 15.4. The van der Waals surface area contributed by atoms with Crippen molar-refractivity contribution in [3.05, 3.63) is 88.4 Å². The summed E-state index contributed by atoms with van der Waals surface area (Å²) in [5, 5.41) is 0.614. The summed E-state index contributed by atoms with van der Waals surface area (Å²) >= 11 is 11.9. The van der Waals surface area contributed by atoms with Crippen LogP contribution in [0.1, 0.15) is 17.3 Å². The quantitative estimate of drug-likeness (QED) is 0.371. The number of esters is 1. The molecule has 0 amide bonds. The molecular weight excluding hydrogens is 433 g/mol. The number of ether oxygens (including phenoxy) is 1. The van der Waals surface area contributed by atoms with Crippen molar-refractivity contribution in [2.75, 3.05) is 10.8 Å². The van der Waals surface area contributed by atoms with Gasteiger partial charge in [0.05, 0.1) is 21.2 Å². The summed E-state index contributed by atoms with van der Waals surface area (Å²) in [7, 11) is -3.78. The van der Waals surface area contributed by atoms with Crippen molar-refractivity contribution in [2.24, 2.45) is 0 Å². The maximum Gasteiger partial charge on any atom is 0.343 e. The van der Waals surface area contributed by atoms with Gasteiger partial charge in [-0.05, 0) is 55.5 Å². The number of sulfonamides is 1. The third-order valence-corrected chi connectivity index (χ3v) is 6.57. The number of para-hydroxylation sites is 1. The highest BCUT2D eigenvalue weighted by molar-refractivity contribution is 7.92. The van der Waals surface area contributed by atoms with Gasteiger partial charge in [0, 0.05) is 17.6 Å². The number of anilines is 1. The Bertz CT molecular complexity index is 1120. The molecule has 0 N–H and O–H groups in total. The number of hydrogen-bond acceptors (Lipinski definition) is 4. The Hall–Kier alpha value is -2.54. The van der Waals surface area contributed by atoms with Gasteiger partial charge in [0.2, 0.25) is 0 Å². The lowest BCUT2D eigenvalue weighted by atomic mass is 10.2. The Balaban J connectivity index is 1.83. The van der Waals surface area contributed by atoms with Gasteiger partial charge >= 0.3 is 5.97 Å². The highest BCUT2D eigenvalue weighted by atomic mass is 35.5. The molecule has 0 aliphatic carbocycles. The van der Waals surface area contributed by atoms with Crippen LogP contribution in [0.2, 0.25) is 10.0 Å². The van der Waals surface area contributed by atoms with Crippen molar-refractivity contribution >= 4 is 44.9 Å². The van der Waals surface area contributed by atoms with Crippen LogP contribution in [0, 0.1) is 0 Å². The number of halogens is 2. The van der Waals surface area contributed by atoms with Crippen LogP contribution >= 0.6 is 23.2 Å². The maximum atomic E-state index is 13.0. The molecule has 0 aromatic heterocycles. The molecule has 0 atom stereocenters. The van der Waals surface area contributed by atoms with Crippen LogP contribution < -0.4 is 9.04 Å². The molecule has 0 unspecified atom stereocenters. The lowest BCUT2D eigenvalue weighted by Crippen LogP contribution is -2.30. The van der Waals surface area contributed by atoms with E-state index in [2.05, 4.69) is 0 Å². The first-order valence-electron chi connectivity index (χ1n) is 8.68. The second-order valence-electron chi connectivity index (χ2n) is 5.99. The van der Waals surface area contributed by atoms with Gasteiger partial charge in [0.1, 0.15) is 0 Å². The molecule has 0 fully saturated rings. The minimum atomic E-state index is -3.78. The van der Waals surface area contributed by atoms with E-state index in [0.717, 1.165) is 0 Å². The first kappa shape index (κ1) is 21.2. The van der Waals surface area contributed by atoms with Crippen LogP contribution in [0.15, 0.2) is 77.7 Å². The predicted octanol–water partition coefficient (Wildman–Crippen LogP) is 5.43. The third-order valence-electron chi connectivity index (χ3n) is 4.11. The average molecular weight is 450 g/mol. The first-order valence-corrected chi connectivity index (χ1v) is 10.9. The summed E-state index contributed by atoms with van der Waals surface area (Å²) < 4.78 is 32.5. The van der Waals surface area contributed by atoms with Crippen LogP contribution in [-0.4, -0.2) is 20.9 Å². The molecule has 0 bridgehead atoms. The topological polar surface area (TPSA) is 63.7 Å². The van der Waals surface area contributed by atoms with Gasteiger partial charge in [0.25, 0.3) is 10.0 Å². The van der Waals surface area contributed by atoms with E-state index >= 15 is 0 Å². The summed E-state index contributed by atoms with van der Waals surface area (Å²) in [6, 6.07) is 18.9. The monoisotopic (exact) mass is 449 g/mol. The lowest BCUT2D eigenvalue weighted by Gasteiger charge is -2.22. The van der Waals surface area contributed by atoms with Crippen LogP contribution in [0.5, 0.6) is 5.75 Å². The Morgan fingerprint density at radius 3 is 2.24 bits per heavy atom. The molecule has 150 valence electrons. The van der Waals surface area contributed by atoms with Crippen molar-refractivity contribution in [1.29, 1.82) is 0 Å². The summed E-state index contributed by atoms with van der Waals surface area (Å²) in [5.74, 6) is -0.546. The van der Waals surface area contributed by atoms with Crippen LogP contribution in [-0.2, 0) is 10.0 Å². The SMILES string of the molecule is CCN(c1ccccc1)S(=O)(=O)c1ccc(C(=O)Oc2cc(Cl)ccc2Cl)cc1. The molecule has 0 saturated carbocycles. The molecule has 5 nitrogen and oxygen atoms in total. The number of benzene rings is 3. The average Bonchev–Trinajstić information content (AvgIpc) is 2.72. The Kier molecular flexibility index (Phi) is 6.47. The molecule has 0 aliphatic heterocycles. The smallest absolute Gasteiger partial charge is 0.343 e. The number of nitrogens with zero attached hydrogens (tertiary/aromatic N) is 1. The fourth-order valence-electron chi connectivity index (χ4n) is 2.69. The summed E-state index contributed by atoms with van der Waals surface area (Å²) in [6.07, 6.45) is 0. The summed E-state index contributed by atoms with van der Waals surface area (Å²) in [4.78, 5) is 12.4. The number of carbonyl (C=O) groups is 1. The Labute approximate surface area is 179 Å². The van der Waals surface area contributed by atoms with E-state index in [9.17, 15) is 13.2 Å². The highest BCUT2D eigenvalue weighted by Crippen LogP contribution is 2.29. The summed E-state index contributed by atoms with van der Waals surface area (Å²) in [5.41, 5.74) is 0.747. The third kappa shape index (κ3) is 4.72. The molecule has 8 heteroatoms. The number of carbonyl (C=O) groups excluding carboxylic acids is 1. The van der Waals surface area contributed by atoms with Gasteiger partial charge in [-0.25, -0.2) is 13.2 Å². The van der Waals surface area contributed by atoms with Crippen molar-refractivity contribution in [3.63, 3.8) is 0 Å². The molecule has 29 heavy (non-hydrogen) atoms. The fraction of sp³-hybridized carbons (Fsp3) is 0.0952. The van der Waals surface area contributed by atoms with Gasteiger partial charge in [-0.1, -0.05) is 41.4 Å². The molecule has 0 aliphatic rings. The van der Waals surface area contributed by atoms with E-state index in [4.69, 9.17) is 27.9 Å². The summed E-state index contributed by atoms with van der Waals surface area (Å²) in [6.45, 7) is 2.02. The number of rotatable bonds is 6. The van der Waals surface area contributed by atoms with Crippen molar-refractivity contribution < 1.29 is 17.9 Å². The predicted molar refractivity (Wildman–Crippen MR) is 115 cm³/mol. The van der Waals surface area contributed by atoms with Gasteiger partial charge in [-0.2, -0.15) is 0 Å². The normalized spacial score (nSPS) is 11.1. The maximum absolute atomic E-state index is 13.0. The van der Waals surface area contributed by atoms with Crippen LogP contribution in [0.25, 0.3) is 0 Å². The lowest BCUT2D eigenvalue weighted by molar-refractivity contribution is 0.0735. The van der Waals surface area contributed by atoms with Crippen LogP contribution in [0.3, 0.4) is 0 Å². The number of hydrogen-bond donors (Lipinski definition) is 0.